The number of rotatable bonds is 1. The lowest BCUT2D eigenvalue weighted by atomic mass is 9.81. The summed E-state index contributed by atoms with van der Waals surface area (Å²) in [5.41, 5.74) is 2.05. The van der Waals surface area contributed by atoms with E-state index in [2.05, 4.69) is 6.07 Å². The maximum absolute atomic E-state index is 15.2. The first-order valence-electron chi connectivity index (χ1n) is 10.4. The summed E-state index contributed by atoms with van der Waals surface area (Å²) in [4.78, 5) is 26.6. The largest absolute Gasteiger partial charge is 0.502 e. The second kappa shape index (κ2) is 6.36. The van der Waals surface area contributed by atoms with E-state index in [0.717, 1.165) is 23.1 Å². The number of hydrogen-bond donors (Lipinski definition) is 1. The fraction of sp³-hybridized carbons (Fsp3) is 0.250. The van der Waals surface area contributed by atoms with Crippen molar-refractivity contribution in [2.45, 2.75) is 18.4 Å². The fourth-order valence-electron chi connectivity index (χ4n) is 5.89. The maximum atomic E-state index is 15.2. The predicted molar refractivity (Wildman–Crippen MR) is 117 cm³/mol. The molecule has 6 nitrogen and oxygen atoms in total. The van der Waals surface area contributed by atoms with Crippen LogP contribution < -0.4 is 10.4 Å². The Morgan fingerprint density at radius 1 is 1.09 bits per heavy atom. The van der Waals surface area contributed by atoms with Gasteiger partial charge in [-0.1, -0.05) is 41.9 Å². The van der Waals surface area contributed by atoms with E-state index < -0.39 is 28.4 Å². The normalized spacial score (nSPS) is 23.1. The van der Waals surface area contributed by atoms with Crippen LogP contribution in [0.2, 0.25) is 5.02 Å². The van der Waals surface area contributed by atoms with Crippen molar-refractivity contribution in [3.05, 3.63) is 97.7 Å². The van der Waals surface area contributed by atoms with Gasteiger partial charge in [0.15, 0.2) is 11.4 Å². The number of aromatic nitrogens is 1. The van der Waals surface area contributed by atoms with Crippen LogP contribution in [-0.2, 0) is 18.4 Å². The van der Waals surface area contributed by atoms with E-state index in [1.54, 1.807) is 17.8 Å². The third-order valence-corrected chi connectivity index (χ3v) is 7.45. The Balaban J connectivity index is 1.71. The second-order valence-corrected chi connectivity index (χ2v) is 9.09. The highest BCUT2D eigenvalue weighted by Gasteiger charge is 2.59. The third kappa shape index (κ3) is 2.19. The molecule has 0 saturated carbocycles. The predicted octanol–water partition coefficient (Wildman–Crippen LogP) is 3.00. The van der Waals surface area contributed by atoms with Crippen molar-refractivity contribution in [3.8, 4) is 5.75 Å². The topological polar surface area (TPSA) is 65.8 Å². The Kier molecular flexibility index (Phi) is 3.85. The highest BCUT2D eigenvalue weighted by molar-refractivity contribution is 6.30. The Hall–Kier alpha value is -3.32. The van der Waals surface area contributed by atoms with Gasteiger partial charge in [0, 0.05) is 25.2 Å². The van der Waals surface area contributed by atoms with Crippen LogP contribution in [0.15, 0.2) is 53.5 Å². The molecule has 0 radical (unpaired) electrons. The van der Waals surface area contributed by atoms with Crippen LogP contribution in [0.25, 0.3) is 0 Å². The minimum absolute atomic E-state index is 0.0149. The average Bonchev–Trinajstić information content (AvgIpc) is 3.27. The van der Waals surface area contributed by atoms with Crippen molar-refractivity contribution in [3.63, 3.8) is 0 Å². The van der Waals surface area contributed by atoms with Crippen LogP contribution in [0.4, 0.5) is 4.39 Å². The minimum Gasteiger partial charge on any atom is -0.502 e. The van der Waals surface area contributed by atoms with E-state index in [1.165, 1.54) is 17.2 Å². The highest BCUT2D eigenvalue weighted by Crippen LogP contribution is 2.57. The molecule has 2 atom stereocenters. The summed E-state index contributed by atoms with van der Waals surface area (Å²) < 4.78 is 16.7. The summed E-state index contributed by atoms with van der Waals surface area (Å²) in [6.45, 7) is 0.197. The molecule has 6 rings (SSSR count). The molecule has 0 spiro atoms. The molecule has 1 aromatic heterocycles. The van der Waals surface area contributed by atoms with Gasteiger partial charge in [-0.15, -0.1) is 0 Å². The van der Waals surface area contributed by atoms with E-state index in [4.69, 9.17) is 11.6 Å². The van der Waals surface area contributed by atoms with E-state index in [-0.39, 0.29) is 23.3 Å². The Morgan fingerprint density at radius 3 is 2.69 bits per heavy atom. The van der Waals surface area contributed by atoms with Gasteiger partial charge in [-0.25, -0.2) is 4.39 Å². The molecule has 0 fully saturated rings. The number of aromatic hydroxyl groups is 1. The van der Waals surface area contributed by atoms with Crippen molar-refractivity contribution in [2.24, 2.45) is 5.92 Å². The van der Waals surface area contributed by atoms with Crippen LogP contribution in [0.5, 0.6) is 5.75 Å². The summed E-state index contributed by atoms with van der Waals surface area (Å²) in [5, 5.41) is 12.6. The van der Waals surface area contributed by atoms with Crippen LogP contribution in [0.3, 0.4) is 0 Å². The van der Waals surface area contributed by atoms with Gasteiger partial charge in [-0.2, -0.15) is 0 Å². The number of halogens is 2. The summed E-state index contributed by atoms with van der Waals surface area (Å²) >= 11 is 6.13. The van der Waals surface area contributed by atoms with Crippen LogP contribution in [-0.4, -0.2) is 34.3 Å². The first-order valence-corrected chi connectivity index (χ1v) is 10.8. The Labute approximate surface area is 188 Å². The summed E-state index contributed by atoms with van der Waals surface area (Å²) in [6.07, 6.45) is 2.74. The van der Waals surface area contributed by atoms with Gasteiger partial charge in [-0.3, -0.25) is 19.3 Å². The Morgan fingerprint density at radius 2 is 1.88 bits per heavy atom. The van der Waals surface area contributed by atoms with E-state index in [1.807, 2.05) is 29.3 Å². The van der Waals surface area contributed by atoms with Gasteiger partial charge in [0.1, 0.15) is 18.0 Å². The number of benzene rings is 2. The third-order valence-electron chi connectivity index (χ3n) is 7.16. The summed E-state index contributed by atoms with van der Waals surface area (Å²) in [5.74, 6) is -1.47. The zero-order chi connectivity index (χ0) is 22.4. The number of carbonyl (C=O) groups excluding carboxylic acids is 1. The molecule has 32 heavy (non-hydrogen) atoms. The highest BCUT2D eigenvalue weighted by atomic mass is 35.5. The first-order chi connectivity index (χ1) is 15.4. The number of carbonyl (C=O) groups is 1. The maximum Gasteiger partial charge on any atom is 0.277 e. The molecule has 3 aromatic rings. The van der Waals surface area contributed by atoms with Gasteiger partial charge >= 0.3 is 0 Å². The molecule has 3 aliphatic rings. The molecule has 1 aliphatic heterocycles. The molecular weight excluding hydrogens is 433 g/mol. The summed E-state index contributed by atoms with van der Waals surface area (Å²) in [6, 6.07) is 12.7. The SMILES string of the molecule is CN1CN(C23c4ccccc4CC2Cc2c3ccc(Cl)c2F)n2ccc(=O)c(O)c2C1=O. The first kappa shape index (κ1) is 19.4. The molecule has 2 heterocycles. The lowest BCUT2D eigenvalue weighted by Gasteiger charge is -2.50. The van der Waals surface area contributed by atoms with Gasteiger partial charge in [0.25, 0.3) is 5.91 Å². The smallest absolute Gasteiger partial charge is 0.277 e. The lowest BCUT2D eigenvalue weighted by Crippen LogP contribution is -2.62. The fourth-order valence-corrected chi connectivity index (χ4v) is 6.06. The van der Waals surface area contributed by atoms with Gasteiger partial charge in [-0.05, 0) is 41.2 Å². The molecule has 1 amide bonds. The van der Waals surface area contributed by atoms with E-state index in [9.17, 15) is 14.7 Å². The van der Waals surface area contributed by atoms with Crippen molar-refractivity contribution in [1.82, 2.24) is 9.58 Å². The zero-order valence-corrected chi connectivity index (χ0v) is 17.9. The summed E-state index contributed by atoms with van der Waals surface area (Å²) in [7, 11) is 1.63. The van der Waals surface area contributed by atoms with Crippen LogP contribution in [0.1, 0.15) is 32.7 Å². The molecule has 2 aromatic carbocycles. The minimum atomic E-state index is -0.789. The standard InChI is InChI=1S/C24H19ClFN3O3/c1-27-12-29(28-9-8-19(30)22(31)21(28)23(27)32)24-14(10-13-4-2-3-5-16(13)24)11-15-17(24)6-7-18(25)20(15)26/h2-9,14,31H,10-12H2,1H3. The molecule has 1 N–H and O–H groups in total. The number of fused-ring (bicyclic) bond motifs is 6. The van der Waals surface area contributed by atoms with Crippen molar-refractivity contribution in [1.29, 1.82) is 0 Å². The number of nitrogens with zero attached hydrogens (tertiary/aromatic N) is 3. The van der Waals surface area contributed by atoms with E-state index >= 15 is 4.39 Å². The molecule has 162 valence electrons. The van der Waals surface area contributed by atoms with Gasteiger partial charge in [0.05, 0.1) is 5.02 Å². The molecule has 2 aliphatic carbocycles. The van der Waals surface area contributed by atoms with Gasteiger partial charge in [0.2, 0.25) is 5.43 Å². The lowest BCUT2D eigenvalue weighted by molar-refractivity contribution is 0.0697. The zero-order valence-electron chi connectivity index (χ0n) is 17.2. The molecular formula is C24H19ClFN3O3. The quantitative estimate of drug-likeness (QED) is 0.617. The molecule has 8 heteroatoms. The van der Waals surface area contributed by atoms with Crippen molar-refractivity contribution < 1.29 is 14.3 Å². The van der Waals surface area contributed by atoms with Crippen molar-refractivity contribution in [2.75, 3.05) is 18.7 Å². The monoisotopic (exact) mass is 451 g/mol. The molecule has 2 unspecified atom stereocenters. The Bertz CT molecular complexity index is 1390. The van der Waals surface area contributed by atoms with E-state index in [0.29, 0.717) is 12.0 Å². The number of hydrogen-bond acceptors (Lipinski definition) is 4. The van der Waals surface area contributed by atoms with Gasteiger partial charge < -0.3 is 10.0 Å². The van der Waals surface area contributed by atoms with Crippen molar-refractivity contribution >= 4 is 17.5 Å². The average molecular weight is 452 g/mol. The molecule has 0 saturated heterocycles. The second-order valence-electron chi connectivity index (χ2n) is 8.68. The molecule has 0 bridgehead atoms. The number of amides is 1. The number of pyridine rings is 1. The van der Waals surface area contributed by atoms with Crippen LogP contribution >= 0.6 is 11.6 Å². The van der Waals surface area contributed by atoms with Crippen LogP contribution in [0, 0.1) is 11.7 Å².